The average Bonchev–Trinajstić information content (AvgIpc) is 3.06. The van der Waals surface area contributed by atoms with Crippen LogP contribution in [0.3, 0.4) is 0 Å². The molecule has 0 aliphatic heterocycles. The molecule has 0 atom stereocenters. The molecule has 0 radical (unpaired) electrons. The number of phenolic OH excluding ortho intramolecular Hbond substituents is 2. The molecule has 0 saturated heterocycles. The number of fused-ring (bicyclic) bond motifs is 1. The molecule has 0 spiro atoms. The number of hydrogen-bond acceptors (Lipinski definition) is 5. The Balaban J connectivity index is 1.90. The minimum absolute atomic E-state index is 0.107. The van der Waals surface area contributed by atoms with Crippen molar-refractivity contribution in [1.29, 1.82) is 0 Å². The van der Waals surface area contributed by atoms with E-state index in [2.05, 4.69) is 0 Å². The number of carbonyl (C=O) groups is 2. The van der Waals surface area contributed by atoms with Gasteiger partial charge in [0, 0.05) is 26.1 Å². The Labute approximate surface area is 163 Å². The topological polar surface area (TPSA) is 94.8 Å². The Morgan fingerprint density at radius 1 is 0.750 bits per heavy atom. The van der Waals surface area contributed by atoms with Gasteiger partial charge in [-0.3, -0.25) is 4.79 Å². The molecule has 138 valence electrons. The van der Waals surface area contributed by atoms with Crippen molar-refractivity contribution in [3.63, 3.8) is 0 Å². The molecule has 1 aromatic heterocycles. The Hall–Kier alpha value is -3.64. The summed E-state index contributed by atoms with van der Waals surface area (Å²) in [6.45, 7) is 0. The third kappa shape index (κ3) is 3.10. The number of benzene rings is 3. The second kappa shape index (κ2) is 6.83. The zero-order valence-corrected chi connectivity index (χ0v) is 15.2. The van der Waals surface area contributed by atoms with Crippen molar-refractivity contribution in [3.05, 3.63) is 83.4 Å². The number of aromatic hydroxyl groups is 2. The standard InChI is InChI=1S/C22H14O5S/c23-15-7-5-13(6-8-15)21-19(17-10-9-16(24)11-18(17)28-21)20(25)12-1-3-14(4-2-12)22(26)27/h1-11,23-24H,(H,26,27). The summed E-state index contributed by atoms with van der Waals surface area (Å²) < 4.78 is 0.758. The fraction of sp³-hybridized carbons (Fsp3) is 0. The Morgan fingerprint density at radius 3 is 2.00 bits per heavy atom. The molecule has 5 nitrogen and oxygen atoms in total. The summed E-state index contributed by atoms with van der Waals surface area (Å²) in [7, 11) is 0. The number of phenols is 2. The van der Waals surface area contributed by atoms with Crippen molar-refractivity contribution in [2.75, 3.05) is 0 Å². The molecular weight excluding hydrogens is 376 g/mol. The maximum Gasteiger partial charge on any atom is 0.335 e. The normalized spacial score (nSPS) is 10.9. The molecule has 0 saturated carbocycles. The van der Waals surface area contributed by atoms with Crippen LogP contribution in [0.4, 0.5) is 0 Å². The minimum Gasteiger partial charge on any atom is -0.508 e. The molecule has 0 aliphatic rings. The van der Waals surface area contributed by atoms with E-state index in [0.29, 0.717) is 21.4 Å². The van der Waals surface area contributed by atoms with Gasteiger partial charge in [0.05, 0.1) is 5.56 Å². The predicted octanol–water partition coefficient (Wildman–Crippen LogP) is 4.91. The van der Waals surface area contributed by atoms with Gasteiger partial charge in [-0.25, -0.2) is 4.79 Å². The molecule has 1 heterocycles. The number of carbonyl (C=O) groups excluding carboxylic acids is 1. The van der Waals surface area contributed by atoms with Crippen LogP contribution < -0.4 is 0 Å². The number of rotatable bonds is 4. The van der Waals surface area contributed by atoms with Gasteiger partial charge in [0.1, 0.15) is 11.5 Å². The van der Waals surface area contributed by atoms with E-state index in [-0.39, 0.29) is 22.8 Å². The van der Waals surface area contributed by atoms with E-state index in [1.165, 1.54) is 41.7 Å². The van der Waals surface area contributed by atoms with Crippen LogP contribution in [0.2, 0.25) is 0 Å². The van der Waals surface area contributed by atoms with E-state index in [4.69, 9.17) is 5.11 Å². The van der Waals surface area contributed by atoms with E-state index in [9.17, 15) is 19.8 Å². The highest BCUT2D eigenvalue weighted by atomic mass is 32.1. The molecule has 0 aliphatic carbocycles. The molecule has 4 rings (SSSR count). The molecule has 3 N–H and O–H groups in total. The summed E-state index contributed by atoms with van der Waals surface area (Å²) in [6.07, 6.45) is 0. The summed E-state index contributed by atoms with van der Waals surface area (Å²) in [5.74, 6) is -1.06. The highest BCUT2D eigenvalue weighted by Crippen LogP contribution is 2.41. The van der Waals surface area contributed by atoms with Gasteiger partial charge < -0.3 is 15.3 Å². The highest BCUT2D eigenvalue weighted by molar-refractivity contribution is 7.22. The van der Waals surface area contributed by atoms with Crippen molar-refractivity contribution in [2.45, 2.75) is 0 Å². The summed E-state index contributed by atoms with van der Waals surface area (Å²) in [6, 6.07) is 17.2. The van der Waals surface area contributed by atoms with Gasteiger partial charge in [0.25, 0.3) is 0 Å². The van der Waals surface area contributed by atoms with E-state index < -0.39 is 5.97 Å². The van der Waals surface area contributed by atoms with Crippen LogP contribution in [-0.2, 0) is 0 Å². The highest BCUT2D eigenvalue weighted by Gasteiger charge is 2.22. The van der Waals surface area contributed by atoms with Crippen molar-refractivity contribution in [2.24, 2.45) is 0 Å². The largest absolute Gasteiger partial charge is 0.508 e. The van der Waals surface area contributed by atoms with E-state index >= 15 is 0 Å². The van der Waals surface area contributed by atoms with Gasteiger partial charge in [0.2, 0.25) is 0 Å². The number of hydrogen-bond donors (Lipinski definition) is 3. The average molecular weight is 390 g/mol. The molecule has 0 bridgehead atoms. The molecule has 3 aromatic carbocycles. The number of ketones is 1. The van der Waals surface area contributed by atoms with Gasteiger partial charge in [-0.1, -0.05) is 12.1 Å². The Morgan fingerprint density at radius 2 is 1.36 bits per heavy atom. The van der Waals surface area contributed by atoms with Crippen LogP contribution in [0.5, 0.6) is 11.5 Å². The van der Waals surface area contributed by atoms with Crippen LogP contribution in [0.25, 0.3) is 20.5 Å². The molecule has 0 amide bonds. The third-order valence-corrected chi connectivity index (χ3v) is 5.63. The van der Waals surface area contributed by atoms with Gasteiger partial charge in [0.15, 0.2) is 5.78 Å². The van der Waals surface area contributed by atoms with Crippen LogP contribution in [-0.4, -0.2) is 27.1 Å². The van der Waals surface area contributed by atoms with E-state index in [1.54, 1.807) is 36.4 Å². The molecule has 0 unspecified atom stereocenters. The van der Waals surface area contributed by atoms with E-state index in [0.717, 1.165) is 10.3 Å². The molecular formula is C22H14O5S. The number of thiophene rings is 1. The van der Waals surface area contributed by atoms with Crippen molar-refractivity contribution < 1.29 is 24.9 Å². The van der Waals surface area contributed by atoms with Crippen LogP contribution >= 0.6 is 11.3 Å². The Kier molecular flexibility index (Phi) is 4.33. The smallest absolute Gasteiger partial charge is 0.335 e. The van der Waals surface area contributed by atoms with Crippen LogP contribution in [0, 0.1) is 0 Å². The maximum absolute atomic E-state index is 13.3. The lowest BCUT2D eigenvalue weighted by atomic mass is 9.97. The van der Waals surface area contributed by atoms with Gasteiger partial charge in [-0.15, -0.1) is 11.3 Å². The fourth-order valence-corrected chi connectivity index (χ4v) is 4.27. The summed E-state index contributed by atoms with van der Waals surface area (Å²) >= 11 is 1.37. The lowest BCUT2D eigenvalue weighted by Gasteiger charge is -2.06. The van der Waals surface area contributed by atoms with Gasteiger partial charge >= 0.3 is 5.97 Å². The first-order valence-corrected chi connectivity index (χ1v) is 9.18. The van der Waals surface area contributed by atoms with Crippen LogP contribution in [0.15, 0.2) is 66.7 Å². The third-order valence-electron chi connectivity index (χ3n) is 4.42. The molecule has 0 fully saturated rings. The first-order chi connectivity index (χ1) is 13.4. The monoisotopic (exact) mass is 390 g/mol. The lowest BCUT2D eigenvalue weighted by molar-refractivity contribution is 0.0696. The summed E-state index contributed by atoms with van der Waals surface area (Å²) in [4.78, 5) is 25.1. The first kappa shape index (κ1) is 17.8. The van der Waals surface area contributed by atoms with Gasteiger partial charge in [-0.2, -0.15) is 0 Å². The van der Waals surface area contributed by atoms with Gasteiger partial charge in [-0.05, 0) is 60.2 Å². The molecule has 4 aromatic rings. The zero-order valence-electron chi connectivity index (χ0n) is 14.4. The molecule has 28 heavy (non-hydrogen) atoms. The molecule has 6 heteroatoms. The fourth-order valence-electron chi connectivity index (χ4n) is 3.04. The second-order valence-electron chi connectivity index (χ2n) is 6.25. The first-order valence-electron chi connectivity index (χ1n) is 8.37. The summed E-state index contributed by atoms with van der Waals surface area (Å²) in [5.41, 5.74) is 1.73. The quantitative estimate of drug-likeness (QED) is 0.431. The predicted molar refractivity (Wildman–Crippen MR) is 107 cm³/mol. The number of carboxylic acids is 1. The van der Waals surface area contributed by atoms with E-state index in [1.807, 2.05) is 0 Å². The van der Waals surface area contributed by atoms with Crippen molar-refractivity contribution >= 4 is 33.2 Å². The second-order valence-corrected chi connectivity index (χ2v) is 7.30. The van der Waals surface area contributed by atoms with Crippen molar-refractivity contribution in [3.8, 4) is 21.9 Å². The Bertz CT molecular complexity index is 1200. The van der Waals surface area contributed by atoms with Crippen molar-refractivity contribution in [1.82, 2.24) is 0 Å². The van der Waals surface area contributed by atoms with Crippen LogP contribution in [0.1, 0.15) is 26.3 Å². The lowest BCUT2D eigenvalue weighted by Crippen LogP contribution is -2.03. The maximum atomic E-state index is 13.3. The number of carboxylic acid groups (broad SMARTS) is 1. The summed E-state index contributed by atoms with van der Waals surface area (Å²) in [5, 5.41) is 29.1. The number of aromatic carboxylic acids is 1. The SMILES string of the molecule is O=C(O)c1ccc(C(=O)c2c(-c3ccc(O)cc3)sc3cc(O)ccc23)cc1. The minimum atomic E-state index is -1.06. The zero-order chi connectivity index (χ0) is 19.8.